The molecule has 26 heavy (non-hydrogen) atoms. The van der Waals surface area contributed by atoms with Gasteiger partial charge in [-0.05, 0) is 25.0 Å². The van der Waals surface area contributed by atoms with Crippen LogP contribution < -0.4 is 10.6 Å². The number of aromatic nitrogens is 3. The summed E-state index contributed by atoms with van der Waals surface area (Å²) in [5, 5.41) is 12.3. The van der Waals surface area contributed by atoms with Crippen LogP contribution in [0.25, 0.3) is 11.0 Å². The minimum atomic E-state index is -0.220. The van der Waals surface area contributed by atoms with Gasteiger partial charge in [0.05, 0.1) is 11.7 Å². The Kier molecular flexibility index (Phi) is 5.45. The van der Waals surface area contributed by atoms with Crippen molar-refractivity contribution in [3.05, 3.63) is 24.0 Å². The van der Waals surface area contributed by atoms with Gasteiger partial charge in [-0.1, -0.05) is 0 Å². The number of fused-ring (bicyclic) bond motifs is 1. The third-order valence-electron chi connectivity index (χ3n) is 4.39. The first kappa shape index (κ1) is 17.8. The van der Waals surface area contributed by atoms with Gasteiger partial charge in [0.1, 0.15) is 11.2 Å². The molecule has 1 atom stereocenters. The van der Waals surface area contributed by atoms with E-state index in [2.05, 4.69) is 25.8 Å². The summed E-state index contributed by atoms with van der Waals surface area (Å²) in [5.74, 6) is -0.348. The zero-order valence-electron chi connectivity index (χ0n) is 14.6. The number of piperidine rings is 1. The minimum absolute atomic E-state index is 0.00136. The molecular formula is C17H22N6O3. The van der Waals surface area contributed by atoms with Gasteiger partial charge in [0.25, 0.3) is 5.91 Å². The van der Waals surface area contributed by atoms with Crippen molar-refractivity contribution in [2.75, 3.05) is 20.1 Å². The summed E-state index contributed by atoms with van der Waals surface area (Å²) in [6, 6.07) is 3.31. The zero-order chi connectivity index (χ0) is 18.5. The Labute approximate surface area is 150 Å². The van der Waals surface area contributed by atoms with Crippen molar-refractivity contribution < 1.29 is 14.4 Å². The average molecular weight is 358 g/mol. The lowest BCUT2D eigenvalue weighted by Gasteiger charge is -2.23. The van der Waals surface area contributed by atoms with Crippen molar-refractivity contribution in [1.29, 1.82) is 0 Å². The molecule has 3 rings (SSSR count). The lowest BCUT2D eigenvalue weighted by atomic mass is 10.0. The van der Waals surface area contributed by atoms with Gasteiger partial charge in [0, 0.05) is 39.0 Å². The number of pyridine rings is 1. The van der Waals surface area contributed by atoms with Gasteiger partial charge in [-0.3, -0.25) is 19.5 Å². The SMILES string of the molecule is CN(CCNC(=O)CC1CCCC(=O)N1)C(=O)c1ccc2[nH]ncc2n1. The van der Waals surface area contributed by atoms with E-state index < -0.39 is 0 Å². The fourth-order valence-corrected chi connectivity index (χ4v) is 2.94. The molecule has 1 unspecified atom stereocenters. The predicted octanol–water partition coefficient (Wildman–Crippen LogP) is 0.205. The molecule has 0 bridgehead atoms. The van der Waals surface area contributed by atoms with Gasteiger partial charge in [-0.25, -0.2) is 4.98 Å². The second kappa shape index (κ2) is 7.94. The van der Waals surface area contributed by atoms with E-state index in [1.54, 1.807) is 25.4 Å². The predicted molar refractivity (Wildman–Crippen MR) is 94.3 cm³/mol. The van der Waals surface area contributed by atoms with Gasteiger partial charge >= 0.3 is 0 Å². The van der Waals surface area contributed by atoms with E-state index in [9.17, 15) is 14.4 Å². The molecule has 0 aromatic carbocycles. The first-order valence-electron chi connectivity index (χ1n) is 8.64. The van der Waals surface area contributed by atoms with Crippen molar-refractivity contribution in [2.24, 2.45) is 0 Å². The largest absolute Gasteiger partial charge is 0.354 e. The average Bonchev–Trinajstić information content (AvgIpc) is 3.08. The van der Waals surface area contributed by atoms with E-state index >= 15 is 0 Å². The van der Waals surface area contributed by atoms with E-state index in [1.807, 2.05) is 0 Å². The molecule has 9 heteroatoms. The van der Waals surface area contributed by atoms with Crippen LogP contribution in [0, 0.1) is 0 Å². The highest BCUT2D eigenvalue weighted by Gasteiger charge is 2.20. The molecule has 3 heterocycles. The van der Waals surface area contributed by atoms with Crippen molar-refractivity contribution in [1.82, 2.24) is 30.7 Å². The van der Waals surface area contributed by atoms with E-state index in [-0.39, 0.29) is 30.2 Å². The fraction of sp³-hybridized carbons (Fsp3) is 0.471. The van der Waals surface area contributed by atoms with Crippen LogP contribution in [0.2, 0.25) is 0 Å². The van der Waals surface area contributed by atoms with Gasteiger partial charge in [-0.2, -0.15) is 5.10 Å². The number of likely N-dealkylation sites (N-methyl/N-ethyl adjacent to an activating group) is 1. The molecule has 0 aliphatic carbocycles. The van der Waals surface area contributed by atoms with Gasteiger partial charge in [0.15, 0.2) is 0 Å². The van der Waals surface area contributed by atoms with Crippen molar-refractivity contribution >= 4 is 28.8 Å². The maximum Gasteiger partial charge on any atom is 0.272 e. The molecule has 9 nitrogen and oxygen atoms in total. The Morgan fingerprint density at radius 2 is 2.23 bits per heavy atom. The van der Waals surface area contributed by atoms with Gasteiger partial charge in [0.2, 0.25) is 11.8 Å². The Morgan fingerprint density at radius 1 is 1.38 bits per heavy atom. The first-order chi connectivity index (χ1) is 12.5. The smallest absolute Gasteiger partial charge is 0.272 e. The highest BCUT2D eigenvalue weighted by molar-refractivity contribution is 5.94. The Hall–Kier alpha value is -2.97. The lowest BCUT2D eigenvalue weighted by Crippen LogP contribution is -2.43. The maximum atomic E-state index is 12.4. The Morgan fingerprint density at radius 3 is 3.04 bits per heavy atom. The molecule has 2 aromatic heterocycles. The topological polar surface area (TPSA) is 120 Å². The minimum Gasteiger partial charge on any atom is -0.354 e. The number of carbonyl (C=O) groups is 3. The lowest BCUT2D eigenvalue weighted by molar-refractivity contribution is -0.125. The van der Waals surface area contributed by atoms with E-state index in [1.165, 1.54) is 4.90 Å². The highest BCUT2D eigenvalue weighted by atomic mass is 16.2. The molecule has 3 N–H and O–H groups in total. The molecule has 0 saturated carbocycles. The molecule has 138 valence electrons. The molecular weight excluding hydrogens is 336 g/mol. The summed E-state index contributed by atoms with van der Waals surface area (Å²) in [4.78, 5) is 41.5. The molecule has 3 amide bonds. The standard InChI is InChI=1S/C17H22N6O3/c1-23(17(26)13-6-5-12-14(21-13)10-19-22-12)8-7-18-16(25)9-11-3-2-4-15(24)20-11/h5-6,10-11H,2-4,7-9H2,1H3,(H,18,25)(H,19,22)(H,20,24). The number of amides is 3. The van der Waals surface area contributed by atoms with Gasteiger partial charge in [-0.15, -0.1) is 0 Å². The van der Waals surface area contributed by atoms with Crippen LogP contribution in [0.1, 0.15) is 36.2 Å². The zero-order valence-corrected chi connectivity index (χ0v) is 14.6. The summed E-state index contributed by atoms with van der Waals surface area (Å²) >= 11 is 0. The Bertz CT molecular complexity index is 818. The van der Waals surface area contributed by atoms with E-state index in [0.717, 1.165) is 18.4 Å². The third kappa shape index (κ3) is 4.35. The number of aromatic amines is 1. The molecule has 1 aliphatic heterocycles. The van der Waals surface area contributed by atoms with Crippen molar-refractivity contribution in [2.45, 2.75) is 31.7 Å². The number of rotatable bonds is 6. The second-order valence-corrected chi connectivity index (χ2v) is 6.44. The van der Waals surface area contributed by atoms with Crippen LogP contribution in [0.5, 0.6) is 0 Å². The molecule has 1 aliphatic rings. The molecule has 2 aromatic rings. The molecule has 1 fully saturated rings. The van der Waals surface area contributed by atoms with Crippen molar-refractivity contribution in [3.8, 4) is 0 Å². The number of nitrogens with zero attached hydrogens (tertiary/aromatic N) is 3. The summed E-state index contributed by atoms with van der Waals surface area (Å²) in [6.07, 6.45) is 4.00. The van der Waals surface area contributed by atoms with Crippen LogP contribution in [-0.4, -0.2) is 64.0 Å². The third-order valence-corrected chi connectivity index (χ3v) is 4.39. The molecule has 1 saturated heterocycles. The van der Waals surface area contributed by atoms with E-state index in [4.69, 9.17) is 0 Å². The maximum absolute atomic E-state index is 12.4. The summed E-state index contributed by atoms with van der Waals surface area (Å²) in [7, 11) is 1.66. The quantitative estimate of drug-likeness (QED) is 0.681. The number of hydrogen-bond acceptors (Lipinski definition) is 5. The van der Waals surface area contributed by atoms with Gasteiger partial charge < -0.3 is 15.5 Å². The van der Waals surface area contributed by atoms with Crippen LogP contribution in [-0.2, 0) is 9.59 Å². The second-order valence-electron chi connectivity index (χ2n) is 6.44. The van der Waals surface area contributed by atoms with Crippen LogP contribution in [0.4, 0.5) is 0 Å². The van der Waals surface area contributed by atoms with Crippen molar-refractivity contribution in [3.63, 3.8) is 0 Å². The summed E-state index contributed by atoms with van der Waals surface area (Å²) < 4.78 is 0. The normalized spacial score (nSPS) is 17.0. The number of nitrogens with one attached hydrogen (secondary N) is 3. The number of hydrogen-bond donors (Lipinski definition) is 3. The highest BCUT2D eigenvalue weighted by Crippen LogP contribution is 2.11. The number of carbonyl (C=O) groups excluding carboxylic acids is 3. The molecule has 0 radical (unpaired) electrons. The Balaban J connectivity index is 1.44. The first-order valence-corrected chi connectivity index (χ1v) is 8.64. The summed E-state index contributed by atoms with van der Waals surface area (Å²) in [6.45, 7) is 0.711. The number of H-pyrrole nitrogens is 1. The summed E-state index contributed by atoms with van der Waals surface area (Å²) in [5.41, 5.74) is 1.73. The monoisotopic (exact) mass is 358 g/mol. The fourth-order valence-electron chi connectivity index (χ4n) is 2.94. The van der Waals surface area contributed by atoms with Crippen LogP contribution >= 0.6 is 0 Å². The van der Waals surface area contributed by atoms with E-state index in [0.29, 0.717) is 30.7 Å². The molecule has 0 spiro atoms. The van der Waals surface area contributed by atoms with Crippen LogP contribution in [0.15, 0.2) is 18.3 Å². The van der Waals surface area contributed by atoms with Crippen LogP contribution in [0.3, 0.4) is 0 Å².